The van der Waals surface area contributed by atoms with Crippen LogP contribution in [0.3, 0.4) is 0 Å². The van der Waals surface area contributed by atoms with Crippen LogP contribution in [0.4, 0.5) is 0 Å². The molecular weight excluding hydrogens is 252 g/mol. The number of carbonyl (C=O) groups excluding carboxylic acids is 1. The van der Waals surface area contributed by atoms with Gasteiger partial charge in [-0.25, -0.2) is 0 Å². The number of aliphatic hydroxyl groups excluding tert-OH is 1. The lowest BCUT2D eigenvalue weighted by Crippen LogP contribution is -2.29. The van der Waals surface area contributed by atoms with Gasteiger partial charge in [0.25, 0.3) is 5.91 Å². The van der Waals surface area contributed by atoms with E-state index in [0.29, 0.717) is 6.54 Å². The lowest BCUT2D eigenvalue weighted by Gasteiger charge is -2.16. The Morgan fingerprint density at radius 2 is 2.25 bits per heavy atom. The Bertz CT molecular complexity index is 660. The fourth-order valence-electron chi connectivity index (χ4n) is 2.94. The van der Waals surface area contributed by atoms with Gasteiger partial charge >= 0.3 is 0 Å². The van der Waals surface area contributed by atoms with Crippen LogP contribution < -0.4 is 0 Å². The highest BCUT2D eigenvalue weighted by Crippen LogP contribution is 2.24. The molecule has 1 aromatic carbocycles. The summed E-state index contributed by atoms with van der Waals surface area (Å²) in [5.74, 6) is 0.306. The number of aryl methyl sites for hydroxylation is 2. The zero-order chi connectivity index (χ0) is 14.3. The molecule has 0 bridgehead atoms. The largest absolute Gasteiger partial charge is 0.396 e. The summed E-state index contributed by atoms with van der Waals surface area (Å²) >= 11 is 0. The Morgan fingerprint density at radius 1 is 1.45 bits per heavy atom. The molecule has 2 heterocycles. The van der Waals surface area contributed by atoms with E-state index in [9.17, 15) is 9.90 Å². The molecule has 1 amide bonds. The second-order valence-electron chi connectivity index (χ2n) is 5.72. The molecule has 2 N–H and O–H groups in total. The van der Waals surface area contributed by atoms with Crippen LogP contribution in [-0.2, 0) is 0 Å². The van der Waals surface area contributed by atoms with Crippen molar-refractivity contribution in [2.75, 3.05) is 19.7 Å². The van der Waals surface area contributed by atoms with Gasteiger partial charge < -0.3 is 15.0 Å². The molecule has 4 heteroatoms. The van der Waals surface area contributed by atoms with Crippen molar-refractivity contribution in [2.45, 2.75) is 20.3 Å². The number of hydrogen-bond acceptors (Lipinski definition) is 2. The van der Waals surface area contributed by atoms with Crippen LogP contribution in [0.25, 0.3) is 10.9 Å². The predicted molar refractivity (Wildman–Crippen MR) is 78.9 cm³/mol. The average Bonchev–Trinajstić information content (AvgIpc) is 3.04. The number of aliphatic hydroxyl groups is 1. The number of aromatic nitrogens is 1. The SMILES string of the molecule is Cc1[nH]c2ccc(C(=O)N3CCC(CO)C3)cc2c1C. The summed E-state index contributed by atoms with van der Waals surface area (Å²) in [5, 5.41) is 10.3. The first kappa shape index (κ1) is 13.2. The number of likely N-dealkylation sites (tertiary alicyclic amines) is 1. The van der Waals surface area contributed by atoms with Crippen LogP contribution in [0.15, 0.2) is 18.2 Å². The number of benzene rings is 1. The van der Waals surface area contributed by atoms with E-state index in [0.717, 1.165) is 35.1 Å². The van der Waals surface area contributed by atoms with E-state index in [2.05, 4.69) is 11.9 Å². The van der Waals surface area contributed by atoms with Crippen LogP contribution >= 0.6 is 0 Å². The molecule has 1 unspecified atom stereocenters. The Kier molecular flexibility index (Phi) is 3.26. The minimum atomic E-state index is 0.0705. The third kappa shape index (κ3) is 2.10. The van der Waals surface area contributed by atoms with Gasteiger partial charge in [-0.2, -0.15) is 0 Å². The molecule has 1 saturated heterocycles. The van der Waals surface area contributed by atoms with Crippen molar-refractivity contribution in [2.24, 2.45) is 5.92 Å². The van der Waals surface area contributed by atoms with E-state index in [4.69, 9.17) is 0 Å². The molecule has 106 valence electrons. The average molecular weight is 272 g/mol. The molecule has 20 heavy (non-hydrogen) atoms. The first-order chi connectivity index (χ1) is 9.60. The minimum absolute atomic E-state index is 0.0705. The van der Waals surface area contributed by atoms with Gasteiger partial charge in [-0.1, -0.05) is 0 Å². The summed E-state index contributed by atoms with van der Waals surface area (Å²) in [7, 11) is 0. The maximum absolute atomic E-state index is 12.5. The molecule has 4 nitrogen and oxygen atoms in total. The topological polar surface area (TPSA) is 56.3 Å². The Hall–Kier alpha value is -1.81. The van der Waals surface area contributed by atoms with Crippen molar-refractivity contribution in [1.29, 1.82) is 0 Å². The molecular formula is C16H20N2O2. The van der Waals surface area contributed by atoms with Gasteiger partial charge in [-0.15, -0.1) is 0 Å². The minimum Gasteiger partial charge on any atom is -0.396 e. The van der Waals surface area contributed by atoms with E-state index in [1.54, 1.807) is 0 Å². The number of hydrogen-bond donors (Lipinski definition) is 2. The number of rotatable bonds is 2. The monoisotopic (exact) mass is 272 g/mol. The number of nitrogens with one attached hydrogen (secondary N) is 1. The smallest absolute Gasteiger partial charge is 0.253 e. The van der Waals surface area contributed by atoms with E-state index < -0.39 is 0 Å². The second kappa shape index (κ2) is 4.94. The molecule has 1 aliphatic heterocycles. The molecule has 1 atom stereocenters. The molecule has 0 spiro atoms. The maximum Gasteiger partial charge on any atom is 0.253 e. The molecule has 3 rings (SSSR count). The fraction of sp³-hybridized carbons (Fsp3) is 0.438. The zero-order valence-corrected chi connectivity index (χ0v) is 11.9. The van der Waals surface area contributed by atoms with Crippen molar-refractivity contribution < 1.29 is 9.90 Å². The first-order valence-corrected chi connectivity index (χ1v) is 7.09. The Labute approximate surface area is 118 Å². The van der Waals surface area contributed by atoms with Crippen LogP contribution in [0.1, 0.15) is 28.0 Å². The highest BCUT2D eigenvalue weighted by atomic mass is 16.3. The van der Waals surface area contributed by atoms with Crippen LogP contribution in [0.5, 0.6) is 0 Å². The van der Waals surface area contributed by atoms with Crippen molar-refractivity contribution in [3.05, 3.63) is 35.0 Å². The normalized spacial score (nSPS) is 18.9. The van der Waals surface area contributed by atoms with Crippen molar-refractivity contribution >= 4 is 16.8 Å². The van der Waals surface area contributed by atoms with Gasteiger partial charge in [0, 0.05) is 47.8 Å². The summed E-state index contributed by atoms with van der Waals surface area (Å²) in [5.41, 5.74) is 4.15. The van der Waals surface area contributed by atoms with Crippen molar-refractivity contribution in [1.82, 2.24) is 9.88 Å². The number of amides is 1. The number of H-pyrrole nitrogens is 1. The van der Waals surface area contributed by atoms with Gasteiger partial charge in [-0.05, 0) is 44.0 Å². The van der Waals surface area contributed by atoms with E-state index in [1.165, 1.54) is 5.56 Å². The number of nitrogens with zero attached hydrogens (tertiary/aromatic N) is 1. The van der Waals surface area contributed by atoms with Gasteiger partial charge in [0.15, 0.2) is 0 Å². The summed E-state index contributed by atoms with van der Waals surface area (Å²) < 4.78 is 0. The Balaban J connectivity index is 1.90. The Morgan fingerprint density at radius 3 is 2.95 bits per heavy atom. The van der Waals surface area contributed by atoms with E-state index in [-0.39, 0.29) is 18.4 Å². The third-order valence-corrected chi connectivity index (χ3v) is 4.39. The van der Waals surface area contributed by atoms with E-state index >= 15 is 0 Å². The molecule has 1 aliphatic rings. The van der Waals surface area contributed by atoms with Gasteiger partial charge in [-0.3, -0.25) is 4.79 Å². The molecule has 1 aromatic heterocycles. The van der Waals surface area contributed by atoms with Crippen LogP contribution in [-0.4, -0.2) is 40.6 Å². The molecule has 2 aromatic rings. The highest BCUT2D eigenvalue weighted by molar-refractivity contribution is 5.99. The standard InChI is InChI=1S/C16H20N2O2/c1-10-11(2)17-15-4-3-13(7-14(10)15)16(20)18-6-5-12(8-18)9-19/h3-4,7,12,17,19H,5-6,8-9H2,1-2H3. The number of carbonyl (C=O) groups is 1. The van der Waals surface area contributed by atoms with Gasteiger partial charge in [0.1, 0.15) is 0 Å². The quantitative estimate of drug-likeness (QED) is 0.881. The third-order valence-electron chi connectivity index (χ3n) is 4.39. The summed E-state index contributed by atoms with van der Waals surface area (Å²) in [6.45, 7) is 5.69. The number of aromatic amines is 1. The van der Waals surface area contributed by atoms with Gasteiger partial charge in [0.2, 0.25) is 0 Å². The van der Waals surface area contributed by atoms with Crippen LogP contribution in [0, 0.1) is 19.8 Å². The van der Waals surface area contributed by atoms with E-state index in [1.807, 2.05) is 30.0 Å². The van der Waals surface area contributed by atoms with Crippen molar-refractivity contribution in [3.63, 3.8) is 0 Å². The van der Waals surface area contributed by atoms with Gasteiger partial charge in [0.05, 0.1) is 0 Å². The summed E-state index contributed by atoms with van der Waals surface area (Å²) in [4.78, 5) is 17.7. The molecule has 0 radical (unpaired) electrons. The lowest BCUT2D eigenvalue weighted by atomic mass is 10.1. The lowest BCUT2D eigenvalue weighted by molar-refractivity contribution is 0.0782. The predicted octanol–water partition coefficient (Wildman–Crippen LogP) is 2.24. The van der Waals surface area contributed by atoms with Crippen LogP contribution in [0.2, 0.25) is 0 Å². The second-order valence-corrected chi connectivity index (χ2v) is 5.72. The molecule has 0 aliphatic carbocycles. The van der Waals surface area contributed by atoms with Crippen molar-refractivity contribution in [3.8, 4) is 0 Å². The summed E-state index contributed by atoms with van der Waals surface area (Å²) in [6, 6.07) is 5.83. The highest BCUT2D eigenvalue weighted by Gasteiger charge is 2.26. The maximum atomic E-state index is 12.5. The first-order valence-electron chi connectivity index (χ1n) is 7.09. The summed E-state index contributed by atoms with van der Waals surface area (Å²) in [6.07, 6.45) is 0.896. The molecule has 0 saturated carbocycles. The number of fused-ring (bicyclic) bond motifs is 1. The fourth-order valence-corrected chi connectivity index (χ4v) is 2.94. The zero-order valence-electron chi connectivity index (χ0n) is 11.9. The molecule has 1 fully saturated rings.